The molecule has 0 aliphatic carbocycles. The van der Waals surface area contributed by atoms with Crippen molar-refractivity contribution in [1.82, 2.24) is 14.0 Å². The first kappa shape index (κ1) is 14.9. The second kappa shape index (κ2) is 5.10. The first-order chi connectivity index (χ1) is 8.73. The molecule has 1 aromatic rings. The Morgan fingerprint density at radius 3 is 2.37 bits per heavy atom. The van der Waals surface area contributed by atoms with Gasteiger partial charge < -0.3 is 9.31 Å². The number of hydroxylamine groups is 2. The molecule has 1 aliphatic rings. The zero-order valence-corrected chi connectivity index (χ0v) is 13.0. The van der Waals surface area contributed by atoms with E-state index in [1.807, 2.05) is 41.8 Å². The fraction of sp³-hybridized carbons (Fsp3) is 0.727. The first-order valence-corrected chi connectivity index (χ1v) is 6.83. The summed E-state index contributed by atoms with van der Waals surface area (Å²) in [7, 11) is 3.20. The van der Waals surface area contributed by atoms with Crippen molar-refractivity contribution >= 4 is 24.9 Å². The molecule has 0 atom stereocenters. The molecule has 0 amide bonds. The zero-order chi connectivity index (χ0) is 14.3. The highest BCUT2D eigenvalue weighted by Crippen LogP contribution is 2.36. The predicted molar refractivity (Wildman–Crippen MR) is 75.7 cm³/mol. The summed E-state index contributed by atoms with van der Waals surface area (Å²) in [4.78, 5) is 4.12. The van der Waals surface area contributed by atoms with Crippen molar-refractivity contribution in [1.29, 1.82) is 0 Å². The van der Waals surface area contributed by atoms with Gasteiger partial charge in [-0.05, 0) is 27.7 Å². The summed E-state index contributed by atoms with van der Waals surface area (Å²) >= 11 is 1.17. The number of nitrogens with zero attached hydrogens (tertiary/aromatic N) is 3. The molecular formula is C11H20BN3O3S. The van der Waals surface area contributed by atoms with Crippen molar-refractivity contribution < 1.29 is 13.6 Å². The van der Waals surface area contributed by atoms with Crippen molar-refractivity contribution in [3.63, 3.8) is 0 Å². The molecule has 6 nitrogen and oxygen atoms in total. The lowest BCUT2D eigenvalue weighted by Gasteiger charge is -2.32. The molecule has 1 aliphatic heterocycles. The molecule has 1 saturated heterocycles. The van der Waals surface area contributed by atoms with Crippen molar-refractivity contribution in [3.05, 3.63) is 12.5 Å². The van der Waals surface area contributed by atoms with E-state index in [-0.39, 0.29) is 11.2 Å². The molecule has 1 aromatic heterocycles. The lowest BCUT2D eigenvalue weighted by Crippen LogP contribution is -2.41. The van der Waals surface area contributed by atoms with Crippen LogP contribution in [0.1, 0.15) is 27.7 Å². The number of hydrogen-bond acceptors (Lipinski definition) is 6. The van der Waals surface area contributed by atoms with Crippen LogP contribution in [0.2, 0.25) is 0 Å². The van der Waals surface area contributed by atoms with Gasteiger partial charge in [0.1, 0.15) is 18.6 Å². The summed E-state index contributed by atoms with van der Waals surface area (Å²) in [6.07, 6.45) is 3.41. The molecule has 2 rings (SSSR count). The SMILES string of the molecule is CN(C)OSn1cncc1B1OC(C)(C)C(C)(C)O1. The second-order valence-corrected chi connectivity index (χ2v) is 6.39. The van der Waals surface area contributed by atoms with Gasteiger partial charge >= 0.3 is 7.12 Å². The van der Waals surface area contributed by atoms with Crippen molar-refractivity contribution in [2.75, 3.05) is 14.1 Å². The third-order valence-corrected chi connectivity index (χ3v) is 4.22. The Bertz CT molecular complexity index is 434. The standard InChI is InChI=1S/C11H20BN3O3S/c1-10(2)11(3,4)17-12(16-10)9-7-13-8-15(9)19-18-14(5)6/h7-8H,1-6H3. The fourth-order valence-electron chi connectivity index (χ4n) is 1.59. The summed E-state index contributed by atoms with van der Waals surface area (Å²) in [5.74, 6) is 0. The van der Waals surface area contributed by atoms with Gasteiger partial charge in [-0.1, -0.05) is 0 Å². The van der Waals surface area contributed by atoms with E-state index >= 15 is 0 Å². The highest BCUT2D eigenvalue weighted by Gasteiger charge is 2.52. The Balaban J connectivity index is 2.14. The van der Waals surface area contributed by atoms with Crippen LogP contribution in [0, 0.1) is 0 Å². The summed E-state index contributed by atoms with van der Waals surface area (Å²) in [6, 6.07) is 0. The summed E-state index contributed by atoms with van der Waals surface area (Å²) < 4.78 is 19.1. The average molecular weight is 285 g/mol. The van der Waals surface area contributed by atoms with Crippen LogP contribution in [-0.4, -0.2) is 46.4 Å². The monoisotopic (exact) mass is 285 g/mol. The number of imidazole rings is 1. The smallest absolute Gasteiger partial charge is 0.398 e. The van der Waals surface area contributed by atoms with E-state index in [1.165, 1.54) is 12.2 Å². The molecule has 0 spiro atoms. The third kappa shape index (κ3) is 2.98. The molecule has 0 radical (unpaired) electrons. The maximum absolute atomic E-state index is 5.99. The highest BCUT2D eigenvalue weighted by molar-refractivity contribution is 7.93. The maximum Gasteiger partial charge on any atom is 0.515 e. The molecule has 8 heteroatoms. The maximum atomic E-state index is 5.99. The van der Waals surface area contributed by atoms with Gasteiger partial charge in [0.25, 0.3) is 0 Å². The van der Waals surface area contributed by atoms with Gasteiger partial charge in [-0.15, -0.1) is 0 Å². The van der Waals surface area contributed by atoms with Gasteiger partial charge in [0.05, 0.1) is 16.8 Å². The van der Waals surface area contributed by atoms with Crippen LogP contribution < -0.4 is 5.59 Å². The van der Waals surface area contributed by atoms with Crippen LogP contribution in [0.5, 0.6) is 0 Å². The van der Waals surface area contributed by atoms with E-state index in [0.29, 0.717) is 0 Å². The summed E-state index contributed by atoms with van der Waals surface area (Å²) in [5.41, 5.74) is 0.102. The van der Waals surface area contributed by atoms with Crippen molar-refractivity contribution in [2.45, 2.75) is 38.9 Å². The largest absolute Gasteiger partial charge is 0.515 e. The number of aromatic nitrogens is 2. The molecule has 19 heavy (non-hydrogen) atoms. The minimum atomic E-state index is -0.439. The van der Waals surface area contributed by atoms with Gasteiger partial charge in [0.2, 0.25) is 0 Å². The number of hydrogen-bond donors (Lipinski definition) is 0. The van der Waals surface area contributed by atoms with Gasteiger partial charge in [-0.25, -0.2) is 9.27 Å². The predicted octanol–water partition coefficient (Wildman–Crippen LogP) is 1.09. The molecule has 2 heterocycles. The van der Waals surface area contributed by atoms with Crippen LogP contribution in [-0.2, 0) is 13.6 Å². The molecule has 1 fully saturated rings. The summed E-state index contributed by atoms with van der Waals surface area (Å²) in [5, 5.41) is 1.61. The molecule has 0 bridgehead atoms. The van der Waals surface area contributed by atoms with Crippen LogP contribution in [0.3, 0.4) is 0 Å². The van der Waals surface area contributed by atoms with E-state index in [2.05, 4.69) is 4.98 Å². The lowest BCUT2D eigenvalue weighted by atomic mass is 9.86. The first-order valence-electron chi connectivity index (χ1n) is 6.13. The normalized spacial score (nSPS) is 21.3. The fourth-order valence-corrected chi connectivity index (χ4v) is 2.10. The topological polar surface area (TPSA) is 48.8 Å². The van der Waals surface area contributed by atoms with Gasteiger partial charge in [0.15, 0.2) is 0 Å². The van der Waals surface area contributed by atoms with Crippen molar-refractivity contribution in [2.24, 2.45) is 0 Å². The van der Waals surface area contributed by atoms with Crippen molar-refractivity contribution in [3.8, 4) is 0 Å². The van der Waals surface area contributed by atoms with E-state index < -0.39 is 7.12 Å². The Kier molecular flexibility index (Phi) is 3.99. The number of rotatable bonds is 4. The van der Waals surface area contributed by atoms with Gasteiger partial charge in [0, 0.05) is 20.3 Å². The molecule has 0 N–H and O–H groups in total. The molecule has 0 saturated carbocycles. The van der Waals surface area contributed by atoms with E-state index in [1.54, 1.807) is 21.6 Å². The van der Waals surface area contributed by atoms with Crippen LogP contribution in [0.25, 0.3) is 0 Å². The van der Waals surface area contributed by atoms with Gasteiger partial charge in [-0.3, -0.25) is 3.97 Å². The lowest BCUT2D eigenvalue weighted by molar-refractivity contribution is 0.00578. The molecule has 0 aromatic carbocycles. The Labute approximate surface area is 118 Å². The quantitative estimate of drug-likeness (QED) is 0.469. The van der Waals surface area contributed by atoms with E-state index in [9.17, 15) is 0 Å². The van der Waals surface area contributed by atoms with E-state index in [4.69, 9.17) is 13.6 Å². The highest BCUT2D eigenvalue weighted by atomic mass is 32.2. The Hall–Kier alpha value is -0.535. The van der Waals surface area contributed by atoms with Crippen LogP contribution in [0.4, 0.5) is 0 Å². The molecule has 0 unspecified atom stereocenters. The van der Waals surface area contributed by atoms with Crippen LogP contribution in [0.15, 0.2) is 12.5 Å². The average Bonchev–Trinajstić information content (AvgIpc) is 2.79. The minimum Gasteiger partial charge on any atom is -0.398 e. The zero-order valence-electron chi connectivity index (χ0n) is 12.2. The summed E-state index contributed by atoms with van der Waals surface area (Å²) in [6.45, 7) is 8.10. The second-order valence-electron chi connectivity index (χ2n) is 5.69. The Morgan fingerprint density at radius 2 is 1.84 bits per heavy atom. The third-order valence-electron chi connectivity index (χ3n) is 3.39. The molecule has 106 valence electrons. The Morgan fingerprint density at radius 1 is 1.26 bits per heavy atom. The van der Waals surface area contributed by atoms with E-state index in [0.717, 1.165) is 5.59 Å². The van der Waals surface area contributed by atoms with Crippen LogP contribution >= 0.6 is 12.2 Å². The van der Waals surface area contributed by atoms with Gasteiger partial charge in [-0.2, -0.15) is 5.06 Å². The minimum absolute atomic E-state index is 0.361. The molecular weight excluding hydrogens is 265 g/mol.